The number of likely N-dealkylation sites (tertiary alicyclic amines) is 2. The van der Waals surface area contributed by atoms with Crippen LogP contribution in [0.15, 0.2) is 12.3 Å². The zero-order valence-corrected chi connectivity index (χ0v) is 25.4. The molecule has 3 aliphatic heterocycles. The molecule has 1 aromatic heterocycles. The zero-order valence-electron chi connectivity index (χ0n) is 25.4. The van der Waals surface area contributed by atoms with Crippen LogP contribution in [0.1, 0.15) is 46.5 Å². The fourth-order valence-corrected chi connectivity index (χ4v) is 8.50. The third-order valence-electron chi connectivity index (χ3n) is 10.9. The van der Waals surface area contributed by atoms with Crippen LogP contribution in [-0.4, -0.2) is 87.3 Å². The van der Waals surface area contributed by atoms with E-state index < -0.39 is 101 Å². The molecule has 2 bridgehead atoms. The molecule has 46 heavy (non-hydrogen) atoms. The molecule has 5 fully saturated rings. The maximum absolute atomic E-state index is 15.2. The van der Waals surface area contributed by atoms with E-state index in [1.165, 1.54) is 9.80 Å². The minimum absolute atomic E-state index is 0.0130. The Morgan fingerprint density at radius 2 is 1.91 bits per heavy atom. The summed E-state index contributed by atoms with van der Waals surface area (Å²) in [7, 11) is 0. The standard InChI is InChI=1S/C31H34F4N6O5/c1-29(2,3)23(38-25(42)18-8-31(18,34)35)27(44)40-11-17-13-4-16(19(33)5-13)21(17)22(40)26(43)41-12-30(7-15(41)9-36)28(45)39-24-20(46-30)6-14(32)10-37-24/h6,10,13,15-19,21-23H,4-5,7-8,11-12H2,1-3H3,(H,38,42)(H,37,39,45)/t13-,15-,16+,17+,18+,19+,21-,22-,23+,30+/m0/s1. The van der Waals surface area contributed by atoms with Crippen LogP contribution in [0.25, 0.3) is 0 Å². The first kappa shape index (κ1) is 30.7. The number of nitrogens with one attached hydrogen (secondary N) is 2. The van der Waals surface area contributed by atoms with Gasteiger partial charge in [-0.05, 0) is 41.9 Å². The minimum atomic E-state index is -3.15. The first-order valence-corrected chi connectivity index (χ1v) is 15.5. The highest BCUT2D eigenvalue weighted by Gasteiger charge is 2.66. The summed E-state index contributed by atoms with van der Waals surface area (Å²) < 4.78 is 62.6. The van der Waals surface area contributed by atoms with Gasteiger partial charge in [-0.15, -0.1) is 0 Å². The van der Waals surface area contributed by atoms with Gasteiger partial charge in [-0.3, -0.25) is 19.2 Å². The average molecular weight is 647 g/mol. The highest BCUT2D eigenvalue weighted by molar-refractivity contribution is 6.01. The van der Waals surface area contributed by atoms with E-state index in [1.54, 1.807) is 20.8 Å². The van der Waals surface area contributed by atoms with Crippen molar-refractivity contribution in [3.05, 3.63) is 18.1 Å². The van der Waals surface area contributed by atoms with Gasteiger partial charge in [0.15, 0.2) is 11.6 Å². The molecule has 2 N–H and O–H groups in total. The number of halogens is 4. The minimum Gasteiger partial charge on any atom is -0.471 e. The number of nitrogens with zero attached hydrogens (tertiary/aromatic N) is 4. The Kier molecular flexibility index (Phi) is 6.68. The molecule has 3 saturated carbocycles. The quantitative estimate of drug-likeness (QED) is 0.478. The molecule has 0 aromatic carbocycles. The molecular weight excluding hydrogens is 612 g/mol. The van der Waals surface area contributed by atoms with Gasteiger partial charge < -0.3 is 25.2 Å². The molecule has 15 heteroatoms. The molecule has 11 nitrogen and oxygen atoms in total. The molecule has 2 saturated heterocycles. The number of alkyl halides is 3. The van der Waals surface area contributed by atoms with Crippen molar-refractivity contribution >= 4 is 29.4 Å². The van der Waals surface area contributed by atoms with Gasteiger partial charge in [0.25, 0.3) is 11.8 Å². The molecule has 246 valence electrons. The van der Waals surface area contributed by atoms with Crippen LogP contribution < -0.4 is 15.4 Å². The third kappa shape index (κ3) is 4.61. The monoisotopic (exact) mass is 646 g/mol. The van der Waals surface area contributed by atoms with Gasteiger partial charge in [-0.25, -0.2) is 22.5 Å². The number of pyridine rings is 1. The number of hydrogen-bond acceptors (Lipinski definition) is 7. The fraction of sp³-hybridized carbons (Fsp3) is 0.677. The summed E-state index contributed by atoms with van der Waals surface area (Å²) in [4.78, 5) is 61.3. The number of ether oxygens (including phenoxy) is 1. The van der Waals surface area contributed by atoms with E-state index in [4.69, 9.17) is 4.74 Å². The number of fused-ring (bicyclic) bond motifs is 6. The lowest BCUT2D eigenvalue weighted by Crippen LogP contribution is -2.60. The largest absolute Gasteiger partial charge is 0.471 e. The van der Waals surface area contributed by atoms with Crippen LogP contribution in [0.2, 0.25) is 0 Å². The van der Waals surface area contributed by atoms with E-state index in [1.807, 2.05) is 6.07 Å². The van der Waals surface area contributed by atoms with Crippen molar-refractivity contribution in [1.82, 2.24) is 20.1 Å². The molecule has 0 unspecified atom stereocenters. The summed E-state index contributed by atoms with van der Waals surface area (Å²) in [5.41, 5.74) is -2.69. The topological polar surface area (TPSA) is 145 Å². The van der Waals surface area contributed by atoms with E-state index in [2.05, 4.69) is 15.6 Å². The second-order valence-electron chi connectivity index (χ2n) is 14.8. The lowest BCUT2D eigenvalue weighted by Gasteiger charge is -2.39. The fourth-order valence-electron chi connectivity index (χ4n) is 8.50. The Bertz CT molecular complexity index is 1580. The molecule has 1 spiro atoms. The van der Waals surface area contributed by atoms with E-state index in [0.29, 0.717) is 12.8 Å². The summed E-state index contributed by atoms with van der Waals surface area (Å²) >= 11 is 0. The predicted molar refractivity (Wildman–Crippen MR) is 150 cm³/mol. The Labute approximate surface area is 262 Å². The van der Waals surface area contributed by atoms with Gasteiger partial charge in [0.05, 0.1) is 18.8 Å². The molecule has 4 heterocycles. The maximum Gasteiger partial charge on any atom is 0.271 e. The second-order valence-corrected chi connectivity index (χ2v) is 14.8. The zero-order chi connectivity index (χ0) is 33.1. The van der Waals surface area contributed by atoms with Gasteiger partial charge in [0.1, 0.15) is 36.0 Å². The van der Waals surface area contributed by atoms with E-state index in [0.717, 1.165) is 12.3 Å². The molecule has 1 aromatic rings. The summed E-state index contributed by atoms with van der Waals surface area (Å²) in [5, 5.41) is 15.2. The lowest BCUT2D eigenvalue weighted by atomic mass is 9.77. The average Bonchev–Trinajstić information content (AvgIpc) is 3.43. The van der Waals surface area contributed by atoms with E-state index in [-0.39, 0.29) is 36.4 Å². The number of nitriles is 1. The third-order valence-corrected chi connectivity index (χ3v) is 10.9. The van der Waals surface area contributed by atoms with Crippen LogP contribution >= 0.6 is 0 Å². The SMILES string of the molecule is CC(C)(C)[C@H](NC(=O)[C@H]1CC1(F)F)C(=O)N1C[C@@H]2[C@H]3C[C@@H]([C@@H]2[C@H]1C(=O)N1C[C@@]2(C[C@H]1C#N)Oc1cc(F)cnc1NC2=O)[C@H](F)C3. The first-order chi connectivity index (χ1) is 21.5. The molecule has 4 amide bonds. The normalized spacial score (nSPS) is 37.2. The van der Waals surface area contributed by atoms with Gasteiger partial charge in [0.2, 0.25) is 23.3 Å². The second kappa shape index (κ2) is 10.0. The van der Waals surface area contributed by atoms with Crippen LogP contribution in [-0.2, 0) is 19.2 Å². The van der Waals surface area contributed by atoms with Crippen molar-refractivity contribution in [2.24, 2.45) is 35.0 Å². The van der Waals surface area contributed by atoms with E-state index in [9.17, 15) is 37.6 Å². The number of aromatic nitrogens is 1. The highest BCUT2D eigenvalue weighted by atomic mass is 19.3. The number of carbonyl (C=O) groups is 4. The summed E-state index contributed by atoms with van der Waals surface area (Å²) in [5.74, 6) is -9.84. The molecule has 3 aliphatic carbocycles. The van der Waals surface area contributed by atoms with Gasteiger partial charge in [-0.2, -0.15) is 5.26 Å². The number of anilines is 1. The van der Waals surface area contributed by atoms with Crippen molar-refractivity contribution < 1.29 is 41.5 Å². The maximum atomic E-state index is 15.2. The molecule has 0 radical (unpaired) electrons. The smallest absolute Gasteiger partial charge is 0.271 e. The van der Waals surface area contributed by atoms with Crippen LogP contribution in [0.5, 0.6) is 5.75 Å². The van der Waals surface area contributed by atoms with Gasteiger partial charge in [-0.1, -0.05) is 20.8 Å². The highest BCUT2D eigenvalue weighted by Crippen LogP contribution is 2.59. The van der Waals surface area contributed by atoms with Crippen LogP contribution in [0, 0.1) is 52.2 Å². The van der Waals surface area contributed by atoms with Crippen LogP contribution in [0.3, 0.4) is 0 Å². The van der Waals surface area contributed by atoms with Gasteiger partial charge in [0, 0.05) is 25.5 Å². The van der Waals surface area contributed by atoms with Crippen molar-refractivity contribution in [2.45, 2.75) is 82.3 Å². The summed E-state index contributed by atoms with van der Waals surface area (Å²) in [6, 6.07) is -0.591. The van der Waals surface area contributed by atoms with Crippen molar-refractivity contribution in [2.75, 3.05) is 18.4 Å². The summed E-state index contributed by atoms with van der Waals surface area (Å²) in [6.45, 7) is 4.70. The molecular formula is C31H34F4N6O5. The molecule has 6 aliphatic rings. The number of carbonyl (C=O) groups excluding carboxylic acids is 4. The Balaban J connectivity index is 1.21. The van der Waals surface area contributed by atoms with Crippen molar-refractivity contribution in [3.63, 3.8) is 0 Å². The van der Waals surface area contributed by atoms with Crippen LogP contribution in [0.4, 0.5) is 23.4 Å². The number of hydrogen-bond donors (Lipinski definition) is 2. The van der Waals surface area contributed by atoms with Gasteiger partial charge >= 0.3 is 0 Å². The van der Waals surface area contributed by atoms with Crippen molar-refractivity contribution in [3.8, 4) is 11.8 Å². The molecule has 7 rings (SSSR count). The predicted octanol–water partition coefficient (Wildman–Crippen LogP) is 2.42. The van der Waals surface area contributed by atoms with Crippen molar-refractivity contribution in [1.29, 1.82) is 5.26 Å². The summed E-state index contributed by atoms with van der Waals surface area (Å²) in [6.07, 6.45) is -0.298. The lowest BCUT2D eigenvalue weighted by molar-refractivity contribution is -0.150. The Morgan fingerprint density at radius 1 is 1.20 bits per heavy atom. The Morgan fingerprint density at radius 3 is 2.57 bits per heavy atom. The number of rotatable bonds is 4. The first-order valence-electron chi connectivity index (χ1n) is 15.5. The number of amides is 4. The van der Waals surface area contributed by atoms with E-state index >= 15 is 4.39 Å². The molecule has 10 atom stereocenters. The Hall–Kier alpha value is -3.96.